The molecule has 3 atom stereocenters. The average molecular weight is 382 g/mol. The van der Waals surface area contributed by atoms with Crippen molar-refractivity contribution in [3.05, 3.63) is 53.6 Å². The zero-order valence-electron chi connectivity index (χ0n) is 15.9. The molecule has 2 aliphatic rings. The van der Waals surface area contributed by atoms with E-state index >= 15 is 0 Å². The van der Waals surface area contributed by atoms with Crippen molar-refractivity contribution in [3.63, 3.8) is 0 Å². The van der Waals surface area contributed by atoms with Crippen LogP contribution in [0, 0.1) is 17.7 Å². The Labute approximate surface area is 162 Å². The van der Waals surface area contributed by atoms with E-state index in [-0.39, 0.29) is 35.4 Å². The number of benzene rings is 1. The summed E-state index contributed by atoms with van der Waals surface area (Å²) in [5, 5.41) is 3.37. The molecule has 0 saturated heterocycles. The molecule has 146 valence electrons. The fourth-order valence-corrected chi connectivity index (χ4v) is 4.42. The Kier molecular flexibility index (Phi) is 4.53. The lowest BCUT2D eigenvalue weighted by Crippen LogP contribution is -2.51. The van der Waals surface area contributed by atoms with Crippen LogP contribution in [0.15, 0.2) is 36.5 Å². The van der Waals surface area contributed by atoms with Crippen LogP contribution in [0.3, 0.4) is 0 Å². The standard InChI is InChI=1S/C21H23FN4O2/c1-11-18(25-16-4-3-9-24-19(16)21(23)28)15-10-14(22)7-8-17(15)26(12(2)27)20(11)13-5-6-13/h3-4,7-11,13,18,20,25H,5-6H2,1-2H3,(H2,23,28)/t11-,18-,20+/m1/s1. The molecule has 6 nitrogen and oxygen atoms in total. The number of nitrogens with zero attached hydrogens (tertiary/aromatic N) is 2. The number of halogens is 1. The zero-order valence-corrected chi connectivity index (χ0v) is 15.9. The smallest absolute Gasteiger partial charge is 0.269 e. The second-order valence-corrected chi connectivity index (χ2v) is 7.67. The molecule has 0 bridgehead atoms. The maximum absolute atomic E-state index is 14.1. The van der Waals surface area contributed by atoms with Crippen molar-refractivity contribution in [3.8, 4) is 0 Å². The van der Waals surface area contributed by atoms with Crippen LogP contribution < -0.4 is 16.0 Å². The van der Waals surface area contributed by atoms with Crippen molar-refractivity contribution in [1.29, 1.82) is 0 Å². The Morgan fingerprint density at radius 3 is 2.68 bits per heavy atom. The normalized spacial score (nSPS) is 23.8. The highest BCUT2D eigenvalue weighted by Crippen LogP contribution is 2.50. The van der Waals surface area contributed by atoms with E-state index in [4.69, 9.17) is 5.73 Å². The maximum atomic E-state index is 14.1. The van der Waals surface area contributed by atoms with Crippen molar-refractivity contribution in [2.24, 2.45) is 17.6 Å². The fraction of sp³-hybridized carbons (Fsp3) is 0.381. The minimum absolute atomic E-state index is 0.00614. The highest BCUT2D eigenvalue weighted by atomic mass is 19.1. The molecule has 1 aliphatic heterocycles. The van der Waals surface area contributed by atoms with Gasteiger partial charge in [-0.05, 0) is 49.1 Å². The van der Waals surface area contributed by atoms with Crippen LogP contribution in [-0.2, 0) is 4.79 Å². The molecule has 2 aromatic rings. The Morgan fingerprint density at radius 2 is 2.04 bits per heavy atom. The van der Waals surface area contributed by atoms with E-state index < -0.39 is 5.91 Å². The quantitative estimate of drug-likeness (QED) is 0.850. The van der Waals surface area contributed by atoms with E-state index in [2.05, 4.69) is 17.2 Å². The van der Waals surface area contributed by atoms with Gasteiger partial charge in [0.2, 0.25) is 5.91 Å². The van der Waals surface area contributed by atoms with Crippen LogP contribution in [0.2, 0.25) is 0 Å². The summed E-state index contributed by atoms with van der Waals surface area (Å²) in [7, 11) is 0. The number of rotatable bonds is 4. The molecule has 1 aliphatic carbocycles. The number of primary amides is 1. The number of nitrogens with one attached hydrogen (secondary N) is 1. The summed E-state index contributed by atoms with van der Waals surface area (Å²) in [5.41, 5.74) is 7.52. The minimum Gasteiger partial charge on any atom is -0.376 e. The molecule has 0 unspecified atom stereocenters. The second kappa shape index (κ2) is 6.89. The summed E-state index contributed by atoms with van der Waals surface area (Å²) in [6, 6.07) is 7.70. The van der Waals surface area contributed by atoms with Gasteiger partial charge in [0.15, 0.2) is 5.69 Å². The van der Waals surface area contributed by atoms with Crippen LogP contribution in [0.1, 0.15) is 48.8 Å². The number of carbonyl (C=O) groups is 2. The topological polar surface area (TPSA) is 88.3 Å². The van der Waals surface area contributed by atoms with E-state index in [0.29, 0.717) is 22.9 Å². The van der Waals surface area contributed by atoms with Gasteiger partial charge in [-0.15, -0.1) is 0 Å². The number of hydrogen-bond acceptors (Lipinski definition) is 4. The summed E-state index contributed by atoms with van der Waals surface area (Å²) in [4.78, 5) is 30.1. The number of anilines is 2. The van der Waals surface area contributed by atoms with Gasteiger partial charge in [-0.2, -0.15) is 0 Å². The minimum atomic E-state index is -0.630. The van der Waals surface area contributed by atoms with Gasteiger partial charge in [-0.25, -0.2) is 9.37 Å². The van der Waals surface area contributed by atoms with Gasteiger partial charge in [0.1, 0.15) is 5.82 Å². The van der Waals surface area contributed by atoms with E-state index in [1.807, 2.05) is 4.90 Å². The first-order chi connectivity index (χ1) is 13.4. The Hall–Kier alpha value is -2.96. The van der Waals surface area contributed by atoms with E-state index in [9.17, 15) is 14.0 Å². The highest BCUT2D eigenvalue weighted by molar-refractivity contribution is 5.97. The second-order valence-electron chi connectivity index (χ2n) is 7.67. The molecule has 4 rings (SSSR count). The molecule has 1 aromatic heterocycles. The lowest BCUT2D eigenvalue weighted by atomic mass is 9.79. The SMILES string of the molecule is CC(=O)N1c2ccc(F)cc2[C@H](Nc2cccnc2C(N)=O)[C@@H](C)[C@H]1C1CC1. The third-order valence-electron chi connectivity index (χ3n) is 5.74. The zero-order chi connectivity index (χ0) is 20.0. The summed E-state index contributed by atoms with van der Waals surface area (Å²) in [6.07, 6.45) is 3.65. The molecule has 3 N–H and O–H groups in total. The maximum Gasteiger partial charge on any atom is 0.269 e. The molecule has 1 aromatic carbocycles. The van der Waals surface area contributed by atoms with Crippen molar-refractivity contribution in [2.75, 3.05) is 10.2 Å². The van der Waals surface area contributed by atoms with E-state index in [1.165, 1.54) is 18.3 Å². The predicted octanol–water partition coefficient (Wildman–Crippen LogP) is 3.25. The molecule has 1 fully saturated rings. The van der Waals surface area contributed by atoms with Crippen LogP contribution >= 0.6 is 0 Å². The number of amides is 2. The van der Waals surface area contributed by atoms with Crippen LogP contribution in [0.5, 0.6) is 0 Å². The van der Waals surface area contributed by atoms with Crippen molar-refractivity contribution in [1.82, 2.24) is 4.98 Å². The molecule has 2 amide bonds. The molecule has 0 spiro atoms. The van der Waals surface area contributed by atoms with Gasteiger partial charge in [-0.1, -0.05) is 6.92 Å². The van der Waals surface area contributed by atoms with Gasteiger partial charge < -0.3 is 16.0 Å². The molecular weight excluding hydrogens is 359 g/mol. The average Bonchev–Trinajstić information content (AvgIpc) is 3.48. The number of fused-ring (bicyclic) bond motifs is 1. The monoisotopic (exact) mass is 382 g/mol. The van der Waals surface area contributed by atoms with E-state index in [0.717, 1.165) is 12.8 Å². The van der Waals surface area contributed by atoms with Crippen LogP contribution in [0.25, 0.3) is 0 Å². The van der Waals surface area contributed by atoms with Crippen molar-refractivity contribution >= 4 is 23.2 Å². The van der Waals surface area contributed by atoms with Gasteiger partial charge in [0, 0.05) is 36.3 Å². The number of carbonyl (C=O) groups excluding carboxylic acids is 2. The number of hydrogen-bond donors (Lipinski definition) is 2. The Balaban J connectivity index is 1.82. The van der Waals surface area contributed by atoms with Crippen LogP contribution in [-0.4, -0.2) is 22.8 Å². The van der Waals surface area contributed by atoms with Crippen LogP contribution in [0.4, 0.5) is 15.8 Å². The predicted molar refractivity (Wildman–Crippen MR) is 104 cm³/mol. The third kappa shape index (κ3) is 3.10. The summed E-state index contributed by atoms with van der Waals surface area (Å²) in [5.74, 6) is -0.616. The van der Waals surface area contributed by atoms with Gasteiger partial charge in [0.05, 0.1) is 11.7 Å². The first-order valence-corrected chi connectivity index (χ1v) is 9.49. The Bertz CT molecular complexity index is 944. The first-order valence-electron chi connectivity index (χ1n) is 9.49. The molecule has 2 heterocycles. The fourth-order valence-electron chi connectivity index (χ4n) is 4.42. The highest BCUT2D eigenvalue weighted by Gasteiger charge is 2.47. The molecular formula is C21H23FN4O2. The van der Waals surface area contributed by atoms with Crippen molar-refractivity contribution < 1.29 is 14.0 Å². The number of nitrogens with two attached hydrogens (primary N) is 1. The lowest BCUT2D eigenvalue weighted by molar-refractivity contribution is -0.117. The first kappa shape index (κ1) is 18.4. The lowest BCUT2D eigenvalue weighted by Gasteiger charge is -2.46. The van der Waals surface area contributed by atoms with E-state index in [1.54, 1.807) is 25.1 Å². The van der Waals surface area contributed by atoms with Gasteiger partial charge in [0.25, 0.3) is 5.91 Å². The number of aromatic nitrogens is 1. The van der Waals surface area contributed by atoms with Crippen molar-refractivity contribution in [2.45, 2.75) is 38.8 Å². The largest absolute Gasteiger partial charge is 0.376 e. The molecule has 0 radical (unpaired) electrons. The molecule has 28 heavy (non-hydrogen) atoms. The summed E-state index contributed by atoms with van der Waals surface area (Å²) in [6.45, 7) is 3.61. The Morgan fingerprint density at radius 1 is 1.29 bits per heavy atom. The summed E-state index contributed by atoms with van der Waals surface area (Å²) < 4.78 is 14.1. The van der Waals surface area contributed by atoms with Gasteiger partial charge in [-0.3, -0.25) is 9.59 Å². The summed E-state index contributed by atoms with van der Waals surface area (Å²) >= 11 is 0. The third-order valence-corrected chi connectivity index (χ3v) is 5.74. The van der Waals surface area contributed by atoms with Gasteiger partial charge >= 0.3 is 0 Å². The molecule has 1 saturated carbocycles. The number of pyridine rings is 1. The molecule has 7 heteroatoms.